The summed E-state index contributed by atoms with van der Waals surface area (Å²) >= 11 is 8.30. The fraction of sp³-hybridized carbons (Fsp3) is 0.600. The van der Waals surface area contributed by atoms with Gasteiger partial charge in [0.1, 0.15) is 60.4 Å². The molecule has 11 amide bonds. The van der Waals surface area contributed by atoms with Crippen molar-refractivity contribution in [3.05, 3.63) is 29.8 Å². The molecule has 14 N–H and O–H groups in total. The molecule has 2 fully saturated rings. The van der Waals surface area contributed by atoms with Crippen LogP contribution in [0.25, 0.3) is 0 Å². The first kappa shape index (κ1) is 61.7. The first-order chi connectivity index (χ1) is 35.2. The van der Waals surface area contributed by atoms with Crippen molar-refractivity contribution in [2.45, 2.75) is 113 Å². The predicted octanol–water partition coefficient (Wildman–Crippen LogP) is -6.64. The van der Waals surface area contributed by atoms with Crippen LogP contribution in [0.15, 0.2) is 24.3 Å². The molecule has 2 saturated heterocycles. The molecule has 3 rings (SSSR count). The van der Waals surface area contributed by atoms with Crippen molar-refractivity contribution >= 4 is 96.5 Å². The normalized spacial score (nSPS) is 17.9. The summed E-state index contributed by atoms with van der Waals surface area (Å²) < 4.78 is 0. The van der Waals surface area contributed by atoms with Gasteiger partial charge in [-0.05, 0) is 69.7 Å². The number of hydrogen-bond donors (Lipinski definition) is 15. The molecule has 2 aliphatic heterocycles. The Labute approximate surface area is 437 Å². The first-order valence-electron chi connectivity index (χ1n) is 23.8. The summed E-state index contributed by atoms with van der Waals surface area (Å²) in [7, 11) is 0. The van der Waals surface area contributed by atoms with Crippen molar-refractivity contribution in [1.29, 1.82) is 0 Å². The highest BCUT2D eigenvalue weighted by molar-refractivity contribution is 7.80. The standard InChI is InChI=1S/C45H68N12O15S2/c1-24(49-25(2)61)38(65)47-17-36(63)51-31(21-60)41(68)55-32(22-73)42(69)52-29(16-26-9-11-28(62)12-10-26)40(67)54-33(23-74)43(70)53-30(20-59)39(66)48-18-37(64)56-14-5-8-35(56)45(72)57-15-4-7-34(57)44(71)50-27(19-58)6-3-13-46/h9-12,19,24,27,29-35,59-60,62,73-74H,3-8,13-18,20-23,46H2,1-2H3,(H,47,65)(H,48,66)(H,49,61)(H,50,71)(H,51,63)(H,52,69)(H,53,70)(H,54,67)(H,55,68)/t24-,27-,29-,30-,31-,32-,33-,34-,35-/m0/s1. The van der Waals surface area contributed by atoms with Crippen LogP contribution in [-0.4, -0.2) is 208 Å². The monoisotopic (exact) mass is 1080 g/mol. The van der Waals surface area contributed by atoms with Gasteiger partial charge in [-0.15, -0.1) is 0 Å². The van der Waals surface area contributed by atoms with E-state index >= 15 is 0 Å². The molecular formula is C45H68N12O15S2. The van der Waals surface area contributed by atoms with Gasteiger partial charge in [-0.3, -0.25) is 52.7 Å². The smallest absolute Gasteiger partial charge is 0.246 e. The van der Waals surface area contributed by atoms with Crippen LogP contribution in [0.3, 0.4) is 0 Å². The van der Waals surface area contributed by atoms with E-state index in [1.807, 2.05) is 0 Å². The minimum absolute atomic E-state index is 0.113. The molecule has 0 spiro atoms. The average Bonchev–Trinajstić information content (AvgIpc) is 4.09. The van der Waals surface area contributed by atoms with E-state index in [0.717, 1.165) is 0 Å². The maximum absolute atomic E-state index is 13.9. The third-order valence-electron chi connectivity index (χ3n) is 11.8. The van der Waals surface area contributed by atoms with Gasteiger partial charge in [0.25, 0.3) is 0 Å². The Kier molecular flexibility index (Phi) is 26.1. The number of thiol groups is 2. The number of aldehydes is 1. The number of aromatic hydroxyl groups is 1. The van der Waals surface area contributed by atoms with E-state index in [1.54, 1.807) is 0 Å². The Bertz CT molecular complexity index is 2180. The number of nitrogens with zero attached hydrogens (tertiary/aromatic N) is 2. The number of likely N-dealkylation sites (tertiary alicyclic amines) is 2. The van der Waals surface area contributed by atoms with Gasteiger partial charge >= 0.3 is 0 Å². The quantitative estimate of drug-likeness (QED) is 0.0262. The van der Waals surface area contributed by atoms with E-state index in [1.165, 1.54) is 47.9 Å². The fourth-order valence-corrected chi connectivity index (χ4v) is 8.39. The predicted molar refractivity (Wildman–Crippen MR) is 268 cm³/mol. The zero-order valence-corrected chi connectivity index (χ0v) is 42.8. The Morgan fingerprint density at radius 2 is 1.19 bits per heavy atom. The Balaban J connectivity index is 1.64. The van der Waals surface area contributed by atoms with Gasteiger partial charge in [-0.1, -0.05) is 12.1 Å². The maximum Gasteiger partial charge on any atom is 0.246 e. The summed E-state index contributed by atoms with van der Waals surface area (Å²) in [5.41, 5.74) is 5.94. The largest absolute Gasteiger partial charge is 0.508 e. The number of nitrogens with two attached hydrogens (primary N) is 1. The van der Waals surface area contributed by atoms with Gasteiger partial charge in [-0.2, -0.15) is 25.3 Å². The van der Waals surface area contributed by atoms with Gasteiger partial charge in [0.2, 0.25) is 65.0 Å². The second-order valence-corrected chi connectivity index (χ2v) is 18.2. The fourth-order valence-electron chi connectivity index (χ4n) is 7.87. The van der Waals surface area contributed by atoms with Crippen LogP contribution < -0.4 is 53.6 Å². The van der Waals surface area contributed by atoms with Crippen LogP contribution in [0.2, 0.25) is 0 Å². The SMILES string of the molecule is CC(=O)N[C@@H](C)C(=O)NCC(=O)N[C@@H](CO)C(=O)N[C@@H](CS)C(=O)N[C@@H](Cc1ccc(O)cc1)C(=O)N[C@@H](CS)C(=O)N[C@@H](CO)C(=O)NCC(=O)N1CCC[C@H]1C(=O)N1CCC[C@H]1C(=O)N[C@H](C=O)CCCN. The number of phenolic OH excluding ortho intramolecular Hbond substituents is 1. The lowest BCUT2D eigenvalue weighted by Crippen LogP contribution is -2.61. The molecule has 1 aromatic carbocycles. The Morgan fingerprint density at radius 1 is 0.676 bits per heavy atom. The number of aliphatic hydroxyl groups is 2. The van der Waals surface area contributed by atoms with Crippen molar-refractivity contribution in [3.8, 4) is 5.75 Å². The van der Waals surface area contributed by atoms with E-state index in [0.29, 0.717) is 50.5 Å². The molecule has 2 heterocycles. The van der Waals surface area contributed by atoms with E-state index in [2.05, 4.69) is 73.1 Å². The lowest BCUT2D eigenvalue weighted by molar-refractivity contribution is -0.146. The molecule has 27 nitrogen and oxygen atoms in total. The molecule has 0 radical (unpaired) electrons. The molecule has 9 atom stereocenters. The van der Waals surface area contributed by atoms with Crippen LogP contribution in [0.1, 0.15) is 57.9 Å². The Hall–Kier alpha value is -6.56. The number of rotatable bonds is 29. The number of nitrogens with one attached hydrogen (secondary N) is 9. The molecule has 74 heavy (non-hydrogen) atoms. The molecule has 0 bridgehead atoms. The highest BCUT2D eigenvalue weighted by atomic mass is 32.1. The molecule has 0 aromatic heterocycles. The first-order valence-corrected chi connectivity index (χ1v) is 25.1. The van der Waals surface area contributed by atoms with Crippen LogP contribution in [0.4, 0.5) is 0 Å². The third-order valence-corrected chi connectivity index (χ3v) is 12.6. The number of carbonyl (C=O) groups is 12. The zero-order valence-electron chi connectivity index (χ0n) is 41.0. The highest BCUT2D eigenvalue weighted by Crippen LogP contribution is 2.25. The molecule has 1 aromatic rings. The van der Waals surface area contributed by atoms with E-state index in [9.17, 15) is 72.9 Å². The van der Waals surface area contributed by atoms with Gasteiger partial charge in [0.05, 0.1) is 32.3 Å². The Morgan fingerprint density at radius 3 is 1.74 bits per heavy atom. The van der Waals surface area contributed by atoms with E-state index in [-0.39, 0.29) is 43.2 Å². The highest BCUT2D eigenvalue weighted by Gasteiger charge is 2.43. The maximum atomic E-state index is 13.9. The van der Waals surface area contributed by atoms with Crippen molar-refractivity contribution in [1.82, 2.24) is 57.7 Å². The third kappa shape index (κ3) is 19.0. The van der Waals surface area contributed by atoms with Crippen LogP contribution in [-0.2, 0) is 64.0 Å². The van der Waals surface area contributed by atoms with Crippen LogP contribution >= 0.6 is 25.3 Å². The van der Waals surface area contributed by atoms with Crippen molar-refractivity contribution < 1.29 is 72.9 Å². The minimum atomic E-state index is -1.66. The molecule has 0 aliphatic carbocycles. The van der Waals surface area contributed by atoms with Crippen LogP contribution in [0, 0.1) is 0 Å². The van der Waals surface area contributed by atoms with Crippen molar-refractivity contribution in [2.75, 3.05) is 57.4 Å². The summed E-state index contributed by atoms with van der Waals surface area (Å²) in [5.74, 6) is -9.62. The lowest BCUT2D eigenvalue weighted by atomic mass is 10.0. The van der Waals surface area contributed by atoms with Gasteiger partial charge < -0.3 is 83.5 Å². The summed E-state index contributed by atoms with van der Waals surface area (Å²) in [6, 6.07) is -5.82. The van der Waals surface area contributed by atoms with Crippen molar-refractivity contribution in [3.63, 3.8) is 0 Å². The lowest BCUT2D eigenvalue weighted by Gasteiger charge is -2.31. The molecule has 2 aliphatic rings. The number of amides is 11. The van der Waals surface area contributed by atoms with Gasteiger partial charge in [0, 0.05) is 37.9 Å². The van der Waals surface area contributed by atoms with E-state index < -0.39 is 146 Å². The number of phenols is 1. The number of carbonyl (C=O) groups excluding carboxylic acids is 12. The average molecular weight is 1080 g/mol. The second kappa shape index (κ2) is 31.2. The summed E-state index contributed by atoms with van der Waals surface area (Å²) in [6.45, 7) is 0.111. The molecule has 410 valence electrons. The number of benzene rings is 1. The summed E-state index contributed by atoms with van der Waals surface area (Å²) in [5, 5.41) is 51.1. The number of aliphatic hydroxyl groups excluding tert-OH is 2. The van der Waals surface area contributed by atoms with Gasteiger partial charge in [-0.25, -0.2) is 0 Å². The van der Waals surface area contributed by atoms with Gasteiger partial charge in [0.15, 0.2) is 0 Å². The molecule has 0 saturated carbocycles. The number of hydrogen-bond acceptors (Lipinski definition) is 18. The summed E-state index contributed by atoms with van der Waals surface area (Å²) in [4.78, 5) is 158. The van der Waals surface area contributed by atoms with Crippen molar-refractivity contribution in [2.24, 2.45) is 5.73 Å². The topological polar surface area (TPSA) is 406 Å². The molecular weight excluding hydrogens is 1010 g/mol. The minimum Gasteiger partial charge on any atom is -0.508 e. The zero-order chi connectivity index (χ0) is 55.1. The van der Waals surface area contributed by atoms with E-state index in [4.69, 9.17) is 5.73 Å². The van der Waals surface area contributed by atoms with Crippen LogP contribution in [0.5, 0.6) is 5.75 Å². The molecule has 0 unspecified atom stereocenters. The molecule has 29 heteroatoms. The second-order valence-electron chi connectivity index (χ2n) is 17.4. The summed E-state index contributed by atoms with van der Waals surface area (Å²) in [6.07, 6.45) is 2.81.